The predicted octanol–water partition coefficient (Wildman–Crippen LogP) is 3.69. The third kappa shape index (κ3) is 3.98. The van der Waals surface area contributed by atoms with E-state index in [1.807, 2.05) is 6.92 Å². The highest BCUT2D eigenvalue weighted by atomic mass is 35.5. The second kappa shape index (κ2) is 7.67. The molecule has 0 unspecified atom stereocenters. The summed E-state index contributed by atoms with van der Waals surface area (Å²) in [6, 6.07) is 0. The highest BCUT2D eigenvalue weighted by Gasteiger charge is 2.14. The van der Waals surface area contributed by atoms with Crippen LogP contribution in [0, 0.1) is 5.92 Å². The zero-order valence-electron chi connectivity index (χ0n) is 12.2. The van der Waals surface area contributed by atoms with Crippen molar-refractivity contribution in [2.75, 3.05) is 11.9 Å². The monoisotopic (exact) mass is 297 g/mol. The number of halogens is 1. The van der Waals surface area contributed by atoms with Crippen molar-refractivity contribution in [1.29, 1.82) is 0 Å². The summed E-state index contributed by atoms with van der Waals surface area (Å²) in [6.45, 7) is 3.48. The molecule has 0 bridgehead atoms. The molecule has 0 spiro atoms. The number of anilines is 1. The summed E-state index contributed by atoms with van der Waals surface area (Å²) in [5, 5.41) is 7.64. The summed E-state index contributed by atoms with van der Waals surface area (Å²) in [7, 11) is 0. The zero-order chi connectivity index (χ0) is 14.4. The summed E-state index contributed by atoms with van der Waals surface area (Å²) < 4.78 is 1.42. The van der Waals surface area contributed by atoms with Gasteiger partial charge >= 0.3 is 0 Å². The van der Waals surface area contributed by atoms with E-state index in [9.17, 15) is 4.79 Å². The Bertz CT molecular complexity index is 480. The van der Waals surface area contributed by atoms with Gasteiger partial charge in [0.05, 0.1) is 11.9 Å². The van der Waals surface area contributed by atoms with E-state index in [1.54, 1.807) is 6.20 Å². The Morgan fingerprint density at radius 1 is 1.45 bits per heavy atom. The van der Waals surface area contributed by atoms with Crippen LogP contribution in [0.5, 0.6) is 0 Å². The number of aromatic nitrogens is 2. The van der Waals surface area contributed by atoms with Crippen LogP contribution in [0.15, 0.2) is 11.0 Å². The lowest BCUT2D eigenvalue weighted by molar-refractivity contribution is 0.491. The van der Waals surface area contributed by atoms with Crippen LogP contribution in [0.1, 0.15) is 51.9 Å². The summed E-state index contributed by atoms with van der Waals surface area (Å²) >= 11 is 6.10. The van der Waals surface area contributed by atoms with Crippen molar-refractivity contribution in [3.63, 3.8) is 0 Å². The molecule has 1 aromatic rings. The number of hydrogen-bond acceptors (Lipinski definition) is 3. The minimum atomic E-state index is -0.200. The lowest BCUT2D eigenvalue weighted by atomic mass is 10.0. The average Bonchev–Trinajstić information content (AvgIpc) is 2.95. The second-order valence-corrected chi connectivity index (χ2v) is 6.00. The summed E-state index contributed by atoms with van der Waals surface area (Å²) in [4.78, 5) is 11.9. The Morgan fingerprint density at radius 2 is 2.20 bits per heavy atom. The Balaban J connectivity index is 1.83. The molecule has 1 aliphatic carbocycles. The SMILES string of the molecule is CCCn1ncc(NCCCC2CCCC2)c(Cl)c1=O. The molecule has 0 radical (unpaired) electrons. The number of aryl methyl sites for hydroxylation is 1. The van der Waals surface area contributed by atoms with Crippen molar-refractivity contribution >= 4 is 17.3 Å². The molecule has 0 aliphatic heterocycles. The first-order valence-corrected chi connectivity index (χ1v) is 8.09. The predicted molar refractivity (Wildman–Crippen MR) is 83.5 cm³/mol. The maximum absolute atomic E-state index is 11.9. The molecule has 20 heavy (non-hydrogen) atoms. The number of hydrogen-bond donors (Lipinski definition) is 1. The summed E-state index contributed by atoms with van der Waals surface area (Å²) in [5.74, 6) is 0.906. The average molecular weight is 298 g/mol. The first kappa shape index (κ1) is 15.4. The first-order valence-electron chi connectivity index (χ1n) is 7.72. The molecule has 0 saturated heterocycles. The highest BCUT2D eigenvalue weighted by molar-refractivity contribution is 6.32. The van der Waals surface area contributed by atoms with Crippen LogP contribution in [-0.2, 0) is 6.54 Å². The molecule has 0 amide bonds. The number of rotatable bonds is 7. The quantitative estimate of drug-likeness (QED) is 0.781. The van der Waals surface area contributed by atoms with Gasteiger partial charge in [0.1, 0.15) is 5.02 Å². The molecule has 0 aromatic carbocycles. The van der Waals surface area contributed by atoms with Gasteiger partial charge in [-0.15, -0.1) is 0 Å². The van der Waals surface area contributed by atoms with Gasteiger partial charge in [0, 0.05) is 13.1 Å². The van der Waals surface area contributed by atoms with E-state index in [-0.39, 0.29) is 10.6 Å². The van der Waals surface area contributed by atoms with Crippen LogP contribution < -0.4 is 10.9 Å². The fourth-order valence-corrected chi connectivity index (χ4v) is 3.09. The van der Waals surface area contributed by atoms with Gasteiger partial charge in [0.2, 0.25) is 0 Å². The molecule has 2 rings (SSSR count). The number of nitrogens with zero attached hydrogens (tertiary/aromatic N) is 2. The van der Waals surface area contributed by atoms with E-state index < -0.39 is 0 Å². The standard InChI is InChI=1S/C15H24ClN3O/c1-2-10-19-15(20)14(16)13(11-18-19)17-9-5-8-12-6-3-4-7-12/h11-12,17H,2-10H2,1H3. The minimum absolute atomic E-state index is 0.200. The van der Waals surface area contributed by atoms with Crippen LogP contribution in [0.2, 0.25) is 5.02 Å². The lowest BCUT2D eigenvalue weighted by Crippen LogP contribution is -2.24. The Labute approximate surface area is 125 Å². The molecule has 1 heterocycles. The van der Waals surface area contributed by atoms with Crippen molar-refractivity contribution in [2.45, 2.75) is 58.4 Å². The first-order chi connectivity index (χ1) is 9.72. The summed E-state index contributed by atoms with van der Waals surface area (Å²) in [5.41, 5.74) is 0.463. The van der Waals surface area contributed by atoms with Gasteiger partial charge in [0.15, 0.2) is 0 Å². The molecule has 5 heteroatoms. The van der Waals surface area contributed by atoms with Crippen molar-refractivity contribution in [2.24, 2.45) is 5.92 Å². The van der Waals surface area contributed by atoms with Crippen molar-refractivity contribution in [3.8, 4) is 0 Å². The van der Waals surface area contributed by atoms with E-state index in [1.165, 1.54) is 36.8 Å². The molecule has 1 saturated carbocycles. The van der Waals surface area contributed by atoms with E-state index in [2.05, 4.69) is 10.4 Å². The van der Waals surface area contributed by atoms with E-state index >= 15 is 0 Å². The van der Waals surface area contributed by atoms with Crippen LogP contribution in [0.3, 0.4) is 0 Å². The van der Waals surface area contributed by atoms with E-state index in [0.29, 0.717) is 12.2 Å². The molecule has 1 fully saturated rings. The molecule has 1 aliphatic rings. The number of nitrogens with one attached hydrogen (secondary N) is 1. The molecule has 1 aromatic heterocycles. The van der Waals surface area contributed by atoms with E-state index in [0.717, 1.165) is 25.3 Å². The van der Waals surface area contributed by atoms with Gasteiger partial charge in [0.25, 0.3) is 5.56 Å². The molecule has 1 N–H and O–H groups in total. The smallest absolute Gasteiger partial charge is 0.287 e. The van der Waals surface area contributed by atoms with Crippen LogP contribution in [0.4, 0.5) is 5.69 Å². The summed E-state index contributed by atoms with van der Waals surface area (Å²) in [6.07, 6.45) is 10.5. The zero-order valence-corrected chi connectivity index (χ0v) is 13.0. The molecule has 112 valence electrons. The minimum Gasteiger partial charge on any atom is -0.382 e. The van der Waals surface area contributed by atoms with Gasteiger partial charge in [-0.3, -0.25) is 4.79 Å². The molecular weight excluding hydrogens is 274 g/mol. The molecule has 0 atom stereocenters. The maximum atomic E-state index is 11.9. The van der Waals surface area contributed by atoms with E-state index in [4.69, 9.17) is 11.6 Å². The Hall–Kier alpha value is -1.03. The van der Waals surface area contributed by atoms with Crippen LogP contribution in [-0.4, -0.2) is 16.3 Å². The van der Waals surface area contributed by atoms with Crippen LogP contribution in [0.25, 0.3) is 0 Å². The van der Waals surface area contributed by atoms with Crippen molar-refractivity contribution in [1.82, 2.24) is 9.78 Å². The van der Waals surface area contributed by atoms with Gasteiger partial charge in [-0.05, 0) is 25.2 Å². The molecule has 4 nitrogen and oxygen atoms in total. The lowest BCUT2D eigenvalue weighted by Gasteiger charge is -2.11. The topological polar surface area (TPSA) is 46.9 Å². The van der Waals surface area contributed by atoms with Crippen molar-refractivity contribution in [3.05, 3.63) is 21.6 Å². The Morgan fingerprint density at radius 3 is 2.90 bits per heavy atom. The molecular formula is C15H24ClN3O. The fraction of sp³-hybridized carbons (Fsp3) is 0.733. The fourth-order valence-electron chi connectivity index (χ4n) is 2.87. The van der Waals surface area contributed by atoms with Gasteiger partial charge in [-0.1, -0.05) is 44.2 Å². The normalized spacial score (nSPS) is 15.7. The Kier molecular flexibility index (Phi) is 5.89. The van der Waals surface area contributed by atoms with Gasteiger partial charge < -0.3 is 5.32 Å². The largest absolute Gasteiger partial charge is 0.382 e. The third-order valence-corrected chi connectivity index (χ3v) is 4.36. The van der Waals surface area contributed by atoms with Gasteiger partial charge in [-0.2, -0.15) is 5.10 Å². The third-order valence-electron chi connectivity index (χ3n) is 4.00. The van der Waals surface area contributed by atoms with Crippen LogP contribution >= 0.6 is 11.6 Å². The van der Waals surface area contributed by atoms with Gasteiger partial charge in [-0.25, -0.2) is 4.68 Å². The second-order valence-electron chi connectivity index (χ2n) is 5.62. The van der Waals surface area contributed by atoms with Crippen molar-refractivity contribution < 1.29 is 0 Å². The highest BCUT2D eigenvalue weighted by Crippen LogP contribution is 2.28. The maximum Gasteiger partial charge on any atom is 0.287 e.